The molecule has 18 heavy (non-hydrogen) atoms. The Morgan fingerprint density at radius 1 is 1.44 bits per heavy atom. The molecule has 0 aromatic heterocycles. The molecule has 0 radical (unpaired) electrons. The van der Waals surface area contributed by atoms with E-state index in [1.165, 1.54) is 0 Å². The van der Waals surface area contributed by atoms with Gasteiger partial charge in [-0.05, 0) is 39.0 Å². The van der Waals surface area contributed by atoms with Crippen molar-refractivity contribution in [3.63, 3.8) is 0 Å². The van der Waals surface area contributed by atoms with E-state index in [-0.39, 0.29) is 5.97 Å². The van der Waals surface area contributed by atoms with Crippen LogP contribution >= 0.6 is 27.5 Å². The van der Waals surface area contributed by atoms with Crippen LogP contribution in [0.4, 0.5) is 5.69 Å². The third-order valence-electron chi connectivity index (χ3n) is 1.99. The number of carbonyl (C=O) groups excluding carboxylic acids is 1. The molecule has 0 spiro atoms. The molecule has 100 valence electrons. The standard InChI is InChI=1S/C13H17BrClNO2/c1-13(2,3)18-12(17)6-7-16-11-8-9(14)4-5-10(11)15/h4-5,8,16H,6-7H2,1-3H3. The fourth-order valence-electron chi connectivity index (χ4n) is 1.32. The number of ether oxygens (including phenoxy) is 1. The Morgan fingerprint density at radius 2 is 2.11 bits per heavy atom. The van der Waals surface area contributed by atoms with Gasteiger partial charge in [-0.15, -0.1) is 0 Å². The number of hydrogen-bond acceptors (Lipinski definition) is 3. The average Bonchev–Trinajstić information content (AvgIpc) is 2.20. The zero-order valence-corrected chi connectivity index (χ0v) is 13.1. The summed E-state index contributed by atoms with van der Waals surface area (Å²) in [7, 11) is 0. The third-order valence-corrected chi connectivity index (χ3v) is 2.82. The van der Waals surface area contributed by atoms with Crippen LogP contribution in [0.5, 0.6) is 0 Å². The lowest BCUT2D eigenvalue weighted by molar-refractivity contribution is -0.154. The quantitative estimate of drug-likeness (QED) is 0.837. The van der Waals surface area contributed by atoms with Gasteiger partial charge in [0.15, 0.2) is 0 Å². The fourth-order valence-corrected chi connectivity index (χ4v) is 1.87. The predicted octanol–water partition coefficient (Wildman–Crippen LogP) is 4.25. The summed E-state index contributed by atoms with van der Waals surface area (Å²) in [5, 5.41) is 3.73. The number of hydrogen-bond donors (Lipinski definition) is 1. The fraction of sp³-hybridized carbons (Fsp3) is 0.462. The van der Waals surface area contributed by atoms with Gasteiger partial charge in [0.2, 0.25) is 0 Å². The summed E-state index contributed by atoms with van der Waals surface area (Å²) in [5.74, 6) is -0.221. The zero-order chi connectivity index (χ0) is 13.8. The van der Waals surface area contributed by atoms with Crippen molar-refractivity contribution in [2.45, 2.75) is 32.8 Å². The van der Waals surface area contributed by atoms with Crippen LogP contribution in [-0.4, -0.2) is 18.1 Å². The molecule has 1 aromatic rings. The number of benzene rings is 1. The van der Waals surface area contributed by atoms with E-state index in [9.17, 15) is 4.79 Å². The van der Waals surface area contributed by atoms with E-state index in [4.69, 9.17) is 16.3 Å². The predicted molar refractivity (Wildman–Crippen MR) is 78.1 cm³/mol. The smallest absolute Gasteiger partial charge is 0.308 e. The van der Waals surface area contributed by atoms with E-state index in [0.29, 0.717) is 18.0 Å². The van der Waals surface area contributed by atoms with E-state index >= 15 is 0 Å². The second-order valence-corrected chi connectivity index (χ2v) is 6.21. The highest BCUT2D eigenvalue weighted by atomic mass is 79.9. The Bertz CT molecular complexity index is 429. The molecule has 0 heterocycles. The molecule has 0 amide bonds. The van der Waals surface area contributed by atoms with Crippen molar-refractivity contribution in [2.75, 3.05) is 11.9 Å². The number of anilines is 1. The van der Waals surface area contributed by atoms with Gasteiger partial charge in [-0.25, -0.2) is 0 Å². The minimum Gasteiger partial charge on any atom is -0.460 e. The highest BCUT2D eigenvalue weighted by Crippen LogP contribution is 2.25. The summed E-state index contributed by atoms with van der Waals surface area (Å²) in [6.45, 7) is 6.04. The molecule has 0 unspecified atom stereocenters. The van der Waals surface area contributed by atoms with Crippen LogP contribution < -0.4 is 5.32 Å². The van der Waals surface area contributed by atoms with Gasteiger partial charge in [0.05, 0.1) is 17.1 Å². The van der Waals surface area contributed by atoms with Crippen molar-refractivity contribution in [1.82, 2.24) is 0 Å². The second-order valence-electron chi connectivity index (χ2n) is 4.89. The summed E-state index contributed by atoms with van der Waals surface area (Å²) in [4.78, 5) is 11.5. The lowest BCUT2D eigenvalue weighted by Gasteiger charge is -2.19. The van der Waals surface area contributed by atoms with Crippen LogP contribution in [0.25, 0.3) is 0 Å². The number of carbonyl (C=O) groups is 1. The van der Waals surface area contributed by atoms with Crippen molar-refractivity contribution in [3.05, 3.63) is 27.7 Å². The molecular formula is C13H17BrClNO2. The molecule has 0 atom stereocenters. The van der Waals surface area contributed by atoms with E-state index in [0.717, 1.165) is 10.2 Å². The largest absolute Gasteiger partial charge is 0.460 e. The maximum absolute atomic E-state index is 11.5. The third kappa shape index (κ3) is 5.74. The Kier molecular flexibility index (Phi) is 5.47. The number of halogens is 2. The summed E-state index contributed by atoms with van der Waals surface area (Å²) >= 11 is 9.39. The first-order valence-corrected chi connectivity index (χ1v) is 6.86. The number of esters is 1. The zero-order valence-electron chi connectivity index (χ0n) is 10.7. The molecule has 0 saturated carbocycles. The Morgan fingerprint density at radius 3 is 2.72 bits per heavy atom. The lowest BCUT2D eigenvalue weighted by atomic mass is 10.2. The Balaban J connectivity index is 2.42. The number of rotatable bonds is 4. The summed E-state index contributed by atoms with van der Waals surface area (Å²) < 4.78 is 6.15. The summed E-state index contributed by atoms with van der Waals surface area (Å²) in [6.07, 6.45) is 0.306. The summed E-state index contributed by atoms with van der Waals surface area (Å²) in [6, 6.07) is 5.53. The Hall–Kier alpha value is -0.740. The first-order chi connectivity index (χ1) is 8.28. The van der Waals surface area contributed by atoms with Gasteiger partial charge in [0.25, 0.3) is 0 Å². The maximum atomic E-state index is 11.5. The first-order valence-electron chi connectivity index (χ1n) is 5.69. The van der Waals surface area contributed by atoms with Gasteiger partial charge >= 0.3 is 5.97 Å². The average molecular weight is 335 g/mol. The molecule has 0 saturated heterocycles. The molecule has 0 bridgehead atoms. The van der Waals surface area contributed by atoms with E-state index in [2.05, 4.69) is 21.2 Å². The molecular weight excluding hydrogens is 318 g/mol. The molecule has 1 aromatic carbocycles. The van der Waals surface area contributed by atoms with Gasteiger partial charge in [0, 0.05) is 11.0 Å². The number of nitrogens with one attached hydrogen (secondary N) is 1. The van der Waals surface area contributed by atoms with Crippen molar-refractivity contribution < 1.29 is 9.53 Å². The van der Waals surface area contributed by atoms with Crippen LogP contribution in [0.3, 0.4) is 0 Å². The molecule has 5 heteroatoms. The molecule has 3 nitrogen and oxygen atoms in total. The molecule has 0 aliphatic rings. The molecule has 1 rings (SSSR count). The SMILES string of the molecule is CC(C)(C)OC(=O)CCNc1cc(Br)ccc1Cl. The van der Waals surface area contributed by atoms with E-state index in [1.807, 2.05) is 32.9 Å². The second kappa shape index (κ2) is 6.43. The van der Waals surface area contributed by atoms with Gasteiger partial charge in [-0.3, -0.25) is 4.79 Å². The van der Waals surface area contributed by atoms with Crippen LogP contribution in [0.1, 0.15) is 27.2 Å². The Labute approximate surface area is 121 Å². The minimum absolute atomic E-state index is 0.221. The topological polar surface area (TPSA) is 38.3 Å². The van der Waals surface area contributed by atoms with Crippen molar-refractivity contribution in [3.8, 4) is 0 Å². The van der Waals surface area contributed by atoms with Gasteiger partial charge in [-0.2, -0.15) is 0 Å². The maximum Gasteiger partial charge on any atom is 0.308 e. The van der Waals surface area contributed by atoms with Crippen LogP contribution in [0, 0.1) is 0 Å². The van der Waals surface area contributed by atoms with Crippen LogP contribution in [0.15, 0.2) is 22.7 Å². The van der Waals surface area contributed by atoms with Gasteiger partial charge in [0.1, 0.15) is 5.60 Å². The highest BCUT2D eigenvalue weighted by molar-refractivity contribution is 9.10. The first kappa shape index (κ1) is 15.3. The van der Waals surface area contributed by atoms with E-state index < -0.39 is 5.60 Å². The highest BCUT2D eigenvalue weighted by Gasteiger charge is 2.15. The molecule has 0 aliphatic carbocycles. The van der Waals surface area contributed by atoms with Crippen molar-refractivity contribution >= 4 is 39.2 Å². The summed E-state index contributed by atoms with van der Waals surface area (Å²) in [5.41, 5.74) is 0.361. The lowest BCUT2D eigenvalue weighted by Crippen LogP contribution is -2.25. The van der Waals surface area contributed by atoms with Gasteiger partial charge < -0.3 is 10.1 Å². The van der Waals surface area contributed by atoms with Crippen LogP contribution in [-0.2, 0) is 9.53 Å². The molecule has 0 fully saturated rings. The van der Waals surface area contributed by atoms with Crippen molar-refractivity contribution in [1.29, 1.82) is 0 Å². The van der Waals surface area contributed by atoms with E-state index in [1.54, 1.807) is 6.07 Å². The van der Waals surface area contributed by atoms with Crippen molar-refractivity contribution in [2.24, 2.45) is 0 Å². The van der Waals surface area contributed by atoms with Gasteiger partial charge in [-0.1, -0.05) is 27.5 Å². The van der Waals surface area contributed by atoms with Crippen LogP contribution in [0.2, 0.25) is 5.02 Å². The molecule has 0 aliphatic heterocycles. The minimum atomic E-state index is -0.440. The molecule has 1 N–H and O–H groups in total. The monoisotopic (exact) mass is 333 g/mol. The normalized spacial score (nSPS) is 11.2.